The van der Waals surface area contributed by atoms with Crippen molar-refractivity contribution in [1.82, 2.24) is 5.32 Å². The summed E-state index contributed by atoms with van der Waals surface area (Å²) in [4.78, 5) is 11.2. The molecule has 1 rings (SSSR count). The number of nitrogens with one attached hydrogen (secondary N) is 1. The van der Waals surface area contributed by atoms with Crippen LogP contribution in [0.25, 0.3) is 0 Å². The minimum Gasteiger partial charge on any atom is -0.352 e. The summed E-state index contributed by atoms with van der Waals surface area (Å²) in [5.41, 5.74) is 0. The van der Waals surface area contributed by atoms with Crippen molar-refractivity contribution in [2.24, 2.45) is 11.8 Å². The average Bonchev–Trinajstić information content (AvgIpc) is 1.91. The van der Waals surface area contributed by atoms with E-state index >= 15 is 0 Å². The summed E-state index contributed by atoms with van der Waals surface area (Å²) >= 11 is 0. The van der Waals surface area contributed by atoms with Crippen molar-refractivity contribution in [3.8, 4) is 0 Å². The molecule has 0 saturated heterocycles. The monoisotopic (exact) mass is 233 g/mol. The zero-order chi connectivity index (χ0) is 11.6. The van der Waals surface area contributed by atoms with Crippen LogP contribution in [0.3, 0.4) is 0 Å². The second-order valence-corrected chi connectivity index (χ2v) is 6.95. The Labute approximate surface area is 91.4 Å². The lowest BCUT2D eigenvalue weighted by Gasteiger charge is -2.38. The Morgan fingerprint density at radius 2 is 1.93 bits per heavy atom. The van der Waals surface area contributed by atoms with Gasteiger partial charge in [-0.05, 0) is 24.7 Å². The van der Waals surface area contributed by atoms with Gasteiger partial charge in [0.15, 0.2) is 9.84 Å². The van der Waals surface area contributed by atoms with Crippen molar-refractivity contribution >= 4 is 15.7 Å². The molecule has 0 aromatic heterocycles. The maximum atomic E-state index is 11.2. The highest BCUT2D eigenvalue weighted by Crippen LogP contribution is 2.33. The Balaban J connectivity index is 2.25. The van der Waals surface area contributed by atoms with E-state index in [1.165, 1.54) is 0 Å². The molecule has 0 heterocycles. The van der Waals surface area contributed by atoms with Gasteiger partial charge in [-0.1, -0.05) is 13.8 Å². The summed E-state index contributed by atoms with van der Waals surface area (Å²) in [7, 11) is -3.20. The first-order valence-corrected chi connectivity index (χ1v) is 7.31. The quantitative estimate of drug-likeness (QED) is 0.772. The fraction of sp³-hybridized carbons (Fsp3) is 0.900. The highest BCUT2D eigenvalue weighted by Gasteiger charge is 2.32. The predicted molar refractivity (Wildman–Crippen MR) is 59.2 cm³/mol. The molecule has 1 aliphatic carbocycles. The van der Waals surface area contributed by atoms with Gasteiger partial charge in [-0.3, -0.25) is 4.79 Å². The van der Waals surface area contributed by atoms with Gasteiger partial charge in [0, 0.05) is 12.3 Å². The smallest absolute Gasteiger partial charge is 0.235 e. The molecular formula is C10H19NO3S. The maximum Gasteiger partial charge on any atom is 0.235 e. The topological polar surface area (TPSA) is 63.2 Å². The van der Waals surface area contributed by atoms with E-state index in [-0.39, 0.29) is 11.9 Å². The fourth-order valence-electron chi connectivity index (χ4n) is 1.83. The zero-order valence-corrected chi connectivity index (χ0v) is 10.3. The molecule has 1 saturated carbocycles. The number of carbonyl (C=O) groups excluding carboxylic acids is 1. The van der Waals surface area contributed by atoms with Gasteiger partial charge in [0.1, 0.15) is 5.75 Å². The summed E-state index contributed by atoms with van der Waals surface area (Å²) < 4.78 is 21.7. The summed E-state index contributed by atoms with van der Waals surface area (Å²) in [6, 6.07) is 0.187. The fourth-order valence-corrected chi connectivity index (χ4v) is 2.39. The van der Waals surface area contributed by atoms with Gasteiger partial charge in [-0.15, -0.1) is 0 Å². The van der Waals surface area contributed by atoms with Gasteiger partial charge in [-0.25, -0.2) is 8.42 Å². The normalized spacial score (nSPS) is 26.1. The van der Waals surface area contributed by atoms with Crippen molar-refractivity contribution in [2.45, 2.75) is 32.7 Å². The first-order chi connectivity index (χ1) is 6.78. The van der Waals surface area contributed by atoms with Crippen LogP contribution in [0.4, 0.5) is 0 Å². The zero-order valence-electron chi connectivity index (χ0n) is 9.49. The van der Waals surface area contributed by atoms with E-state index in [0.29, 0.717) is 11.8 Å². The molecular weight excluding hydrogens is 214 g/mol. The molecule has 1 amide bonds. The standard InChI is InChI=1S/C10H19NO3S/c1-7(2)8-4-9(5-8)11-10(12)6-15(3,13)14/h7-9H,4-6H2,1-3H3,(H,11,12). The predicted octanol–water partition coefficient (Wildman–Crippen LogP) is 0.582. The molecule has 1 fully saturated rings. The molecule has 0 bridgehead atoms. The summed E-state index contributed by atoms with van der Waals surface area (Å²) in [5, 5.41) is 2.74. The van der Waals surface area contributed by atoms with Gasteiger partial charge < -0.3 is 5.32 Å². The molecule has 0 spiro atoms. The van der Waals surface area contributed by atoms with Crippen LogP contribution in [0.15, 0.2) is 0 Å². The van der Waals surface area contributed by atoms with Crippen LogP contribution in [-0.2, 0) is 14.6 Å². The third kappa shape index (κ3) is 4.20. The van der Waals surface area contributed by atoms with Crippen LogP contribution in [0.5, 0.6) is 0 Å². The Morgan fingerprint density at radius 1 is 1.40 bits per heavy atom. The Bertz CT molecular complexity index is 329. The van der Waals surface area contributed by atoms with E-state index in [2.05, 4.69) is 19.2 Å². The summed E-state index contributed by atoms with van der Waals surface area (Å²) in [6.07, 6.45) is 3.03. The number of rotatable bonds is 4. The Kier molecular flexibility index (Phi) is 3.76. The van der Waals surface area contributed by atoms with Crippen molar-refractivity contribution in [2.75, 3.05) is 12.0 Å². The highest BCUT2D eigenvalue weighted by molar-refractivity contribution is 7.91. The summed E-state index contributed by atoms with van der Waals surface area (Å²) in [6.45, 7) is 4.33. The second kappa shape index (κ2) is 4.51. The molecule has 0 unspecified atom stereocenters. The van der Waals surface area contributed by atoms with Gasteiger partial charge in [0.2, 0.25) is 5.91 Å². The van der Waals surface area contributed by atoms with E-state index in [4.69, 9.17) is 0 Å². The average molecular weight is 233 g/mol. The Hall–Kier alpha value is -0.580. The molecule has 0 aromatic carbocycles. The van der Waals surface area contributed by atoms with E-state index in [1.807, 2.05) is 0 Å². The minimum atomic E-state index is -3.20. The number of carbonyl (C=O) groups is 1. The SMILES string of the molecule is CC(C)C1CC(NC(=O)CS(C)(=O)=O)C1. The largest absolute Gasteiger partial charge is 0.352 e. The van der Waals surface area contributed by atoms with Crippen molar-refractivity contribution < 1.29 is 13.2 Å². The molecule has 88 valence electrons. The molecule has 0 atom stereocenters. The van der Waals surface area contributed by atoms with Gasteiger partial charge in [0.25, 0.3) is 0 Å². The summed E-state index contributed by atoms with van der Waals surface area (Å²) in [5.74, 6) is 0.557. The molecule has 0 aliphatic heterocycles. The van der Waals surface area contributed by atoms with Gasteiger partial charge >= 0.3 is 0 Å². The van der Waals surface area contributed by atoms with E-state index in [9.17, 15) is 13.2 Å². The van der Waals surface area contributed by atoms with E-state index in [0.717, 1.165) is 19.1 Å². The number of hydrogen-bond donors (Lipinski definition) is 1. The lowest BCUT2D eigenvalue weighted by Crippen LogP contribution is -2.47. The van der Waals surface area contributed by atoms with Crippen molar-refractivity contribution in [1.29, 1.82) is 0 Å². The number of sulfone groups is 1. The van der Waals surface area contributed by atoms with E-state index < -0.39 is 15.6 Å². The molecule has 1 N–H and O–H groups in total. The Morgan fingerprint density at radius 3 is 2.33 bits per heavy atom. The molecule has 0 radical (unpaired) electrons. The molecule has 4 nitrogen and oxygen atoms in total. The second-order valence-electron chi connectivity index (χ2n) is 4.81. The van der Waals surface area contributed by atoms with Gasteiger partial charge in [-0.2, -0.15) is 0 Å². The van der Waals surface area contributed by atoms with Crippen LogP contribution >= 0.6 is 0 Å². The van der Waals surface area contributed by atoms with Crippen LogP contribution in [0.1, 0.15) is 26.7 Å². The van der Waals surface area contributed by atoms with Crippen LogP contribution < -0.4 is 5.32 Å². The lowest BCUT2D eigenvalue weighted by atomic mass is 9.74. The van der Waals surface area contributed by atoms with Crippen LogP contribution in [0, 0.1) is 11.8 Å². The first kappa shape index (κ1) is 12.5. The molecule has 0 aromatic rings. The third-order valence-electron chi connectivity index (χ3n) is 2.88. The van der Waals surface area contributed by atoms with E-state index in [1.54, 1.807) is 0 Å². The van der Waals surface area contributed by atoms with Crippen molar-refractivity contribution in [3.63, 3.8) is 0 Å². The van der Waals surface area contributed by atoms with Crippen molar-refractivity contribution in [3.05, 3.63) is 0 Å². The number of hydrogen-bond acceptors (Lipinski definition) is 3. The molecule has 15 heavy (non-hydrogen) atoms. The number of amides is 1. The van der Waals surface area contributed by atoms with Gasteiger partial charge in [0.05, 0.1) is 0 Å². The first-order valence-electron chi connectivity index (χ1n) is 5.25. The highest BCUT2D eigenvalue weighted by atomic mass is 32.2. The molecule has 1 aliphatic rings. The third-order valence-corrected chi connectivity index (χ3v) is 3.66. The van der Waals surface area contributed by atoms with Crippen LogP contribution in [-0.4, -0.2) is 32.4 Å². The minimum absolute atomic E-state index is 0.187. The lowest BCUT2D eigenvalue weighted by molar-refractivity contribution is -0.120. The van der Waals surface area contributed by atoms with Crippen LogP contribution in [0.2, 0.25) is 0 Å². The molecule has 5 heteroatoms. The maximum absolute atomic E-state index is 11.2.